The van der Waals surface area contributed by atoms with Gasteiger partial charge in [-0.1, -0.05) is 44.2 Å². The minimum atomic E-state index is -0.130. The van der Waals surface area contributed by atoms with E-state index in [-0.39, 0.29) is 29.9 Å². The van der Waals surface area contributed by atoms with E-state index in [9.17, 15) is 9.59 Å². The Kier molecular flexibility index (Phi) is 9.69. The molecule has 2 amide bonds. The fourth-order valence-corrected chi connectivity index (χ4v) is 4.41. The highest BCUT2D eigenvalue weighted by Crippen LogP contribution is 2.27. The van der Waals surface area contributed by atoms with Crippen LogP contribution in [-0.4, -0.2) is 67.6 Å². The number of benzene rings is 2. The van der Waals surface area contributed by atoms with Gasteiger partial charge in [-0.25, -0.2) is 0 Å². The topological polar surface area (TPSA) is 71.1 Å². The molecule has 7 nitrogen and oxygen atoms in total. The van der Waals surface area contributed by atoms with Crippen LogP contribution >= 0.6 is 0 Å². The molecule has 0 radical (unpaired) electrons. The smallest absolute Gasteiger partial charge is 0.257 e. The third kappa shape index (κ3) is 7.29. The van der Waals surface area contributed by atoms with Gasteiger partial charge in [0, 0.05) is 58.0 Å². The quantitative estimate of drug-likeness (QED) is 0.661. The van der Waals surface area contributed by atoms with E-state index < -0.39 is 0 Å². The molecule has 35 heavy (non-hydrogen) atoms. The SMILES string of the molecule is CCCC(=O)Nc1ccc2c(c1)OC[C@H](C)N(Cc1ccccc1)C[C@H](C)[C@@H](OC)CN(C)C2=O. The molecule has 3 atom stereocenters. The lowest BCUT2D eigenvalue weighted by Gasteiger charge is -2.36. The van der Waals surface area contributed by atoms with Crippen LogP contribution < -0.4 is 10.1 Å². The Bertz CT molecular complexity index is 981. The van der Waals surface area contributed by atoms with Gasteiger partial charge in [-0.15, -0.1) is 0 Å². The number of carbonyl (C=O) groups excluding carboxylic acids is 2. The summed E-state index contributed by atoms with van der Waals surface area (Å²) in [6.45, 7) is 8.76. The van der Waals surface area contributed by atoms with Gasteiger partial charge in [-0.3, -0.25) is 14.5 Å². The Labute approximate surface area is 209 Å². The van der Waals surface area contributed by atoms with E-state index in [1.807, 2.05) is 13.0 Å². The standard InChI is InChI=1S/C28H39N3O4/c1-6-10-27(32)29-23-13-14-24-25(15-23)35-19-21(3)31(17-22-11-8-7-9-12-22)16-20(2)26(34-5)18-30(4)28(24)33/h7-9,11-15,20-21,26H,6,10,16-19H2,1-5H3,(H,29,32)/t20-,21-,26-/m0/s1. The third-order valence-corrected chi connectivity index (χ3v) is 6.57. The first kappa shape index (κ1) is 26.7. The predicted octanol–water partition coefficient (Wildman–Crippen LogP) is 4.43. The molecule has 2 aromatic rings. The van der Waals surface area contributed by atoms with Gasteiger partial charge in [0.25, 0.3) is 5.91 Å². The van der Waals surface area contributed by atoms with Crippen molar-refractivity contribution < 1.29 is 19.1 Å². The van der Waals surface area contributed by atoms with Crippen molar-refractivity contribution in [2.45, 2.75) is 52.3 Å². The van der Waals surface area contributed by atoms with E-state index in [2.05, 4.69) is 48.3 Å². The van der Waals surface area contributed by atoms with Crippen molar-refractivity contribution in [1.29, 1.82) is 0 Å². The fourth-order valence-electron chi connectivity index (χ4n) is 4.41. The molecule has 2 aromatic carbocycles. The van der Waals surface area contributed by atoms with Crippen LogP contribution in [-0.2, 0) is 16.1 Å². The molecule has 190 valence electrons. The van der Waals surface area contributed by atoms with Gasteiger partial charge in [0.05, 0.1) is 11.7 Å². The van der Waals surface area contributed by atoms with Crippen LogP contribution in [0.15, 0.2) is 48.5 Å². The van der Waals surface area contributed by atoms with E-state index in [0.717, 1.165) is 19.5 Å². The highest BCUT2D eigenvalue weighted by atomic mass is 16.5. The summed E-state index contributed by atoms with van der Waals surface area (Å²) in [4.78, 5) is 29.6. The lowest BCUT2D eigenvalue weighted by Crippen LogP contribution is -2.46. The van der Waals surface area contributed by atoms with Crippen LogP contribution in [0.2, 0.25) is 0 Å². The Hall–Kier alpha value is -2.90. The van der Waals surface area contributed by atoms with Gasteiger partial charge >= 0.3 is 0 Å². The number of nitrogens with one attached hydrogen (secondary N) is 1. The van der Waals surface area contributed by atoms with Crippen LogP contribution in [0.3, 0.4) is 0 Å². The summed E-state index contributed by atoms with van der Waals surface area (Å²) in [5, 5.41) is 2.91. The molecule has 1 aliphatic rings. The highest BCUT2D eigenvalue weighted by Gasteiger charge is 2.28. The van der Waals surface area contributed by atoms with Gasteiger partial charge in [0.1, 0.15) is 12.4 Å². The van der Waals surface area contributed by atoms with E-state index in [0.29, 0.717) is 36.6 Å². The van der Waals surface area contributed by atoms with Gasteiger partial charge in [-0.2, -0.15) is 0 Å². The second-order valence-corrected chi connectivity index (χ2v) is 9.52. The molecule has 1 N–H and O–H groups in total. The van der Waals surface area contributed by atoms with Gasteiger partial charge in [0.2, 0.25) is 5.91 Å². The zero-order valence-electron chi connectivity index (χ0n) is 21.6. The average molecular weight is 482 g/mol. The molecule has 0 spiro atoms. The molecule has 0 unspecified atom stereocenters. The normalized spacial score (nSPS) is 21.9. The van der Waals surface area contributed by atoms with Crippen molar-refractivity contribution in [3.63, 3.8) is 0 Å². The Morgan fingerprint density at radius 2 is 1.89 bits per heavy atom. The molecule has 0 bridgehead atoms. The lowest BCUT2D eigenvalue weighted by atomic mass is 10.0. The number of hydrogen-bond acceptors (Lipinski definition) is 5. The molecule has 0 fully saturated rings. The van der Waals surface area contributed by atoms with Crippen molar-refractivity contribution in [3.8, 4) is 5.75 Å². The van der Waals surface area contributed by atoms with Crippen LogP contribution in [0.1, 0.15) is 49.5 Å². The van der Waals surface area contributed by atoms with Gasteiger partial charge in [-0.05, 0) is 37.0 Å². The van der Waals surface area contributed by atoms with Crippen LogP contribution in [0.4, 0.5) is 5.69 Å². The third-order valence-electron chi connectivity index (χ3n) is 6.57. The molecular weight excluding hydrogens is 442 g/mol. The second-order valence-electron chi connectivity index (χ2n) is 9.52. The summed E-state index contributed by atoms with van der Waals surface area (Å²) in [7, 11) is 3.50. The van der Waals surface area contributed by atoms with Gasteiger partial charge in [0.15, 0.2) is 0 Å². The summed E-state index contributed by atoms with van der Waals surface area (Å²) in [6.07, 6.45) is 1.11. The number of carbonyl (C=O) groups is 2. The highest BCUT2D eigenvalue weighted by molar-refractivity contribution is 5.98. The van der Waals surface area contributed by atoms with Crippen LogP contribution in [0.25, 0.3) is 0 Å². The lowest BCUT2D eigenvalue weighted by molar-refractivity contribution is -0.116. The van der Waals surface area contributed by atoms with Crippen LogP contribution in [0, 0.1) is 5.92 Å². The maximum absolute atomic E-state index is 13.3. The van der Waals surface area contributed by atoms with Crippen molar-refractivity contribution in [1.82, 2.24) is 9.80 Å². The van der Waals surface area contributed by atoms with E-state index in [1.165, 1.54) is 5.56 Å². The van der Waals surface area contributed by atoms with E-state index in [1.54, 1.807) is 37.3 Å². The second kappa shape index (κ2) is 12.7. The number of methoxy groups -OCH3 is 1. The minimum Gasteiger partial charge on any atom is -0.491 e. The predicted molar refractivity (Wildman–Crippen MR) is 139 cm³/mol. The maximum Gasteiger partial charge on any atom is 0.257 e. The molecule has 0 saturated carbocycles. The Morgan fingerprint density at radius 1 is 1.14 bits per heavy atom. The minimum absolute atomic E-state index is 0.0524. The summed E-state index contributed by atoms with van der Waals surface area (Å²) >= 11 is 0. The molecule has 0 saturated heterocycles. The number of rotatable bonds is 6. The number of likely N-dealkylation sites (N-methyl/N-ethyl adjacent to an activating group) is 1. The first-order valence-electron chi connectivity index (χ1n) is 12.4. The largest absolute Gasteiger partial charge is 0.491 e. The van der Waals surface area contributed by atoms with E-state index in [4.69, 9.17) is 9.47 Å². The molecule has 0 aromatic heterocycles. The number of nitrogens with zero attached hydrogens (tertiary/aromatic N) is 2. The molecule has 1 heterocycles. The fraction of sp³-hybridized carbons (Fsp3) is 0.500. The molecule has 7 heteroatoms. The number of anilines is 1. The Morgan fingerprint density at radius 3 is 2.57 bits per heavy atom. The number of ether oxygens (including phenoxy) is 2. The zero-order chi connectivity index (χ0) is 25.4. The molecule has 3 rings (SSSR count). The molecular formula is C28H39N3O4. The maximum atomic E-state index is 13.3. The number of amides is 2. The average Bonchev–Trinajstić information content (AvgIpc) is 2.85. The monoisotopic (exact) mass is 481 g/mol. The summed E-state index contributed by atoms with van der Waals surface area (Å²) in [5.41, 5.74) is 2.34. The summed E-state index contributed by atoms with van der Waals surface area (Å²) < 4.78 is 12.1. The van der Waals surface area contributed by atoms with Crippen molar-refractivity contribution >= 4 is 17.5 Å². The summed E-state index contributed by atoms with van der Waals surface area (Å²) in [6, 6.07) is 15.7. The molecule has 1 aliphatic heterocycles. The first-order valence-corrected chi connectivity index (χ1v) is 12.4. The summed E-state index contributed by atoms with van der Waals surface area (Å²) in [5.74, 6) is 0.500. The Balaban J connectivity index is 1.92. The molecule has 0 aliphatic carbocycles. The zero-order valence-corrected chi connectivity index (χ0v) is 21.6. The van der Waals surface area contributed by atoms with Crippen molar-refractivity contribution in [2.24, 2.45) is 5.92 Å². The van der Waals surface area contributed by atoms with Crippen molar-refractivity contribution in [3.05, 3.63) is 59.7 Å². The first-order chi connectivity index (χ1) is 16.8. The van der Waals surface area contributed by atoms with Crippen molar-refractivity contribution in [2.75, 3.05) is 39.2 Å². The van der Waals surface area contributed by atoms with Gasteiger partial charge < -0.3 is 19.7 Å². The van der Waals surface area contributed by atoms with Crippen LogP contribution in [0.5, 0.6) is 5.75 Å². The van der Waals surface area contributed by atoms with E-state index >= 15 is 0 Å². The number of fused-ring (bicyclic) bond motifs is 1. The number of hydrogen-bond donors (Lipinski definition) is 1.